The molecule has 2 rings (SSSR count). The third kappa shape index (κ3) is 5.33. The van der Waals surface area contributed by atoms with Gasteiger partial charge in [-0.1, -0.05) is 11.6 Å². The average molecular weight is 337 g/mol. The van der Waals surface area contributed by atoms with Gasteiger partial charge in [0.15, 0.2) is 0 Å². The minimum absolute atomic E-state index is 0.0273. The second-order valence-electron chi connectivity index (χ2n) is 4.50. The van der Waals surface area contributed by atoms with Crippen molar-refractivity contribution in [1.29, 1.82) is 0 Å². The Hall–Kier alpha value is -1.05. The molecule has 1 aliphatic rings. The standard InChI is InChI=1S/C13H15ClF2N2O2S/c14-10-5-8(1-2-11(10)20-13(15)16)18-12(19)6-9-7-21-4-3-17-9/h1-2,5,9,13,17H,3-4,6-7H2,(H,18,19). The summed E-state index contributed by atoms with van der Waals surface area (Å²) in [4.78, 5) is 11.9. The fourth-order valence-electron chi connectivity index (χ4n) is 1.96. The Kier molecular flexibility index (Phi) is 6.08. The van der Waals surface area contributed by atoms with Crippen LogP contribution in [0.2, 0.25) is 5.02 Å². The number of anilines is 1. The molecule has 1 fully saturated rings. The molecule has 0 saturated carbocycles. The predicted molar refractivity (Wildman–Crippen MR) is 80.4 cm³/mol. The Labute approximate surface area is 130 Å². The number of amides is 1. The number of carbonyl (C=O) groups excluding carboxylic acids is 1. The lowest BCUT2D eigenvalue weighted by molar-refractivity contribution is -0.116. The molecule has 1 unspecified atom stereocenters. The number of alkyl halides is 2. The molecule has 0 aromatic heterocycles. The molecular formula is C13H15ClF2N2O2S. The van der Waals surface area contributed by atoms with Gasteiger partial charge in [-0.2, -0.15) is 20.5 Å². The molecule has 1 aromatic rings. The molecule has 2 N–H and O–H groups in total. The summed E-state index contributed by atoms with van der Waals surface area (Å²) in [5, 5.41) is 5.99. The molecule has 0 aliphatic carbocycles. The summed E-state index contributed by atoms with van der Waals surface area (Å²) in [6.45, 7) is -2.04. The molecule has 21 heavy (non-hydrogen) atoms. The largest absolute Gasteiger partial charge is 0.433 e. The first-order valence-corrected chi connectivity index (χ1v) is 7.93. The molecule has 1 aromatic carbocycles. The van der Waals surface area contributed by atoms with E-state index in [2.05, 4.69) is 15.4 Å². The molecule has 4 nitrogen and oxygen atoms in total. The molecule has 1 amide bonds. The molecule has 8 heteroatoms. The Morgan fingerprint density at radius 3 is 3.00 bits per heavy atom. The normalized spacial score (nSPS) is 18.6. The van der Waals surface area contributed by atoms with E-state index in [0.29, 0.717) is 12.1 Å². The van der Waals surface area contributed by atoms with E-state index in [4.69, 9.17) is 11.6 Å². The van der Waals surface area contributed by atoms with Crippen LogP contribution in [0, 0.1) is 0 Å². The number of benzene rings is 1. The fourth-order valence-corrected chi connectivity index (χ4v) is 3.13. The van der Waals surface area contributed by atoms with E-state index in [-0.39, 0.29) is 22.7 Å². The summed E-state index contributed by atoms with van der Waals surface area (Å²) in [6.07, 6.45) is 0.361. The van der Waals surface area contributed by atoms with E-state index >= 15 is 0 Å². The van der Waals surface area contributed by atoms with Crippen molar-refractivity contribution in [3.8, 4) is 5.75 Å². The number of carbonyl (C=O) groups is 1. The second kappa shape index (κ2) is 7.82. The first-order chi connectivity index (χ1) is 10.0. The summed E-state index contributed by atoms with van der Waals surface area (Å²) in [5.74, 6) is 1.69. The number of thioether (sulfide) groups is 1. The van der Waals surface area contributed by atoms with Crippen LogP contribution in [0.5, 0.6) is 5.75 Å². The smallest absolute Gasteiger partial charge is 0.387 e. The van der Waals surface area contributed by atoms with Crippen LogP contribution in [0.4, 0.5) is 14.5 Å². The lowest BCUT2D eigenvalue weighted by atomic mass is 10.2. The zero-order chi connectivity index (χ0) is 15.2. The van der Waals surface area contributed by atoms with Gasteiger partial charge in [-0.15, -0.1) is 0 Å². The van der Waals surface area contributed by atoms with Gasteiger partial charge in [-0.3, -0.25) is 4.79 Å². The van der Waals surface area contributed by atoms with Crippen LogP contribution in [0.25, 0.3) is 0 Å². The Balaban J connectivity index is 1.89. The van der Waals surface area contributed by atoms with Crippen molar-refractivity contribution in [2.75, 3.05) is 23.4 Å². The van der Waals surface area contributed by atoms with Gasteiger partial charge in [0.2, 0.25) is 5.91 Å². The third-order valence-corrected chi connectivity index (χ3v) is 4.29. The van der Waals surface area contributed by atoms with E-state index < -0.39 is 6.61 Å². The average Bonchev–Trinajstić information content (AvgIpc) is 2.42. The first-order valence-electron chi connectivity index (χ1n) is 6.40. The van der Waals surface area contributed by atoms with E-state index in [0.717, 1.165) is 18.1 Å². The second-order valence-corrected chi connectivity index (χ2v) is 6.06. The molecule has 1 heterocycles. The summed E-state index contributed by atoms with van der Waals surface area (Å²) in [6, 6.07) is 4.32. The summed E-state index contributed by atoms with van der Waals surface area (Å²) < 4.78 is 28.5. The molecule has 116 valence electrons. The molecular weight excluding hydrogens is 322 g/mol. The SMILES string of the molecule is O=C(CC1CSCCN1)Nc1ccc(OC(F)F)c(Cl)c1. The van der Waals surface area contributed by atoms with Crippen molar-refractivity contribution in [1.82, 2.24) is 5.32 Å². The maximum atomic E-state index is 12.1. The van der Waals surface area contributed by atoms with Crippen LogP contribution in [-0.2, 0) is 4.79 Å². The van der Waals surface area contributed by atoms with Crippen molar-refractivity contribution in [3.05, 3.63) is 23.2 Å². The number of ether oxygens (including phenoxy) is 1. The van der Waals surface area contributed by atoms with Crippen LogP contribution in [0.3, 0.4) is 0 Å². The van der Waals surface area contributed by atoms with Crippen LogP contribution in [0.15, 0.2) is 18.2 Å². The number of hydrogen-bond acceptors (Lipinski definition) is 4. The molecule has 1 saturated heterocycles. The van der Waals surface area contributed by atoms with Gasteiger partial charge in [0.25, 0.3) is 0 Å². The van der Waals surface area contributed by atoms with Crippen molar-refractivity contribution in [3.63, 3.8) is 0 Å². The van der Waals surface area contributed by atoms with Gasteiger partial charge in [-0.25, -0.2) is 0 Å². The lowest BCUT2D eigenvalue weighted by Crippen LogP contribution is -2.39. The number of nitrogens with one attached hydrogen (secondary N) is 2. The number of hydrogen-bond donors (Lipinski definition) is 2. The molecule has 0 radical (unpaired) electrons. The number of rotatable bonds is 5. The van der Waals surface area contributed by atoms with Gasteiger partial charge in [0.05, 0.1) is 5.02 Å². The van der Waals surface area contributed by atoms with Gasteiger partial charge in [-0.05, 0) is 18.2 Å². The van der Waals surface area contributed by atoms with Gasteiger partial charge >= 0.3 is 6.61 Å². The Morgan fingerprint density at radius 2 is 2.38 bits per heavy atom. The van der Waals surface area contributed by atoms with E-state index in [9.17, 15) is 13.6 Å². The Bertz CT molecular complexity index is 499. The Morgan fingerprint density at radius 1 is 1.57 bits per heavy atom. The molecule has 1 aliphatic heterocycles. The minimum atomic E-state index is -2.93. The maximum absolute atomic E-state index is 12.1. The van der Waals surface area contributed by atoms with Crippen molar-refractivity contribution in [2.45, 2.75) is 19.1 Å². The topological polar surface area (TPSA) is 50.4 Å². The summed E-state index contributed by atoms with van der Waals surface area (Å²) in [5.41, 5.74) is 0.454. The van der Waals surface area contributed by atoms with Gasteiger partial charge in [0.1, 0.15) is 5.75 Å². The van der Waals surface area contributed by atoms with Crippen LogP contribution >= 0.6 is 23.4 Å². The summed E-state index contributed by atoms with van der Waals surface area (Å²) in [7, 11) is 0. The van der Waals surface area contributed by atoms with Crippen LogP contribution < -0.4 is 15.4 Å². The quantitative estimate of drug-likeness (QED) is 0.868. The number of halogens is 3. The van der Waals surface area contributed by atoms with Gasteiger partial charge in [0, 0.05) is 36.2 Å². The highest BCUT2D eigenvalue weighted by molar-refractivity contribution is 7.99. The molecule has 1 atom stereocenters. The van der Waals surface area contributed by atoms with Crippen LogP contribution in [-0.4, -0.2) is 36.6 Å². The molecule has 0 spiro atoms. The fraction of sp³-hybridized carbons (Fsp3) is 0.462. The highest BCUT2D eigenvalue weighted by atomic mass is 35.5. The highest BCUT2D eigenvalue weighted by Crippen LogP contribution is 2.29. The zero-order valence-electron chi connectivity index (χ0n) is 11.1. The van der Waals surface area contributed by atoms with Crippen molar-refractivity contribution < 1.29 is 18.3 Å². The minimum Gasteiger partial charge on any atom is -0.433 e. The summed E-state index contributed by atoms with van der Waals surface area (Å²) >= 11 is 7.63. The predicted octanol–water partition coefficient (Wildman–Crippen LogP) is 2.98. The maximum Gasteiger partial charge on any atom is 0.387 e. The van der Waals surface area contributed by atoms with Gasteiger partial charge < -0.3 is 15.4 Å². The zero-order valence-corrected chi connectivity index (χ0v) is 12.6. The third-order valence-electron chi connectivity index (χ3n) is 2.86. The first kappa shape index (κ1) is 16.3. The van der Waals surface area contributed by atoms with E-state index in [1.54, 1.807) is 0 Å². The van der Waals surface area contributed by atoms with Crippen molar-refractivity contribution in [2.24, 2.45) is 0 Å². The highest BCUT2D eigenvalue weighted by Gasteiger charge is 2.17. The van der Waals surface area contributed by atoms with Crippen LogP contribution in [0.1, 0.15) is 6.42 Å². The molecule has 0 bridgehead atoms. The monoisotopic (exact) mass is 336 g/mol. The lowest BCUT2D eigenvalue weighted by Gasteiger charge is -2.22. The van der Waals surface area contributed by atoms with Crippen molar-refractivity contribution >= 4 is 35.0 Å². The van der Waals surface area contributed by atoms with E-state index in [1.165, 1.54) is 18.2 Å². The van der Waals surface area contributed by atoms with E-state index in [1.807, 2.05) is 11.8 Å².